The number of halogens is 2. The Morgan fingerprint density at radius 3 is 2.61 bits per heavy atom. The summed E-state index contributed by atoms with van der Waals surface area (Å²) in [6.45, 7) is 3.47. The number of rotatable bonds is 9. The highest BCUT2D eigenvalue weighted by Crippen LogP contribution is 2.27. The van der Waals surface area contributed by atoms with Crippen LogP contribution >= 0.6 is 23.2 Å². The van der Waals surface area contributed by atoms with E-state index in [-0.39, 0.29) is 30.8 Å². The van der Waals surface area contributed by atoms with Gasteiger partial charge in [0.15, 0.2) is 0 Å². The summed E-state index contributed by atoms with van der Waals surface area (Å²) in [5.74, 6) is -1.32. The molecule has 174 valence electrons. The number of carboxylic acids is 1. The number of benzene rings is 2. The van der Waals surface area contributed by atoms with Gasteiger partial charge in [-0.05, 0) is 48.6 Å². The summed E-state index contributed by atoms with van der Waals surface area (Å²) in [6, 6.07) is 15.2. The monoisotopic (exact) mass is 487 g/mol. The molecular formula is C25H27Cl2N3O3. The summed E-state index contributed by atoms with van der Waals surface area (Å²) in [5.41, 5.74) is 2.84. The predicted octanol–water partition coefficient (Wildman–Crippen LogP) is 5.72. The van der Waals surface area contributed by atoms with Gasteiger partial charge in [0.05, 0.1) is 18.4 Å². The first-order chi connectivity index (χ1) is 15.8. The van der Waals surface area contributed by atoms with Crippen molar-refractivity contribution in [3.8, 4) is 6.07 Å². The number of carboxylic acid groups (broad SMARTS) is 1. The van der Waals surface area contributed by atoms with Crippen LogP contribution in [0.25, 0.3) is 0 Å². The largest absolute Gasteiger partial charge is 0.481 e. The summed E-state index contributed by atoms with van der Waals surface area (Å²) in [7, 11) is 0. The van der Waals surface area contributed by atoms with E-state index in [0.717, 1.165) is 16.7 Å². The Kier molecular flexibility index (Phi) is 8.60. The molecule has 3 rings (SSSR count). The minimum absolute atomic E-state index is 0.0152. The number of aliphatic carboxylic acids is 1. The van der Waals surface area contributed by atoms with Crippen molar-refractivity contribution < 1.29 is 14.7 Å². The van der Waals surface area contributed by atoms with Crippen molar-refractivity contribution in [1.82, 2.24) is 9.80 Å². The zero-order chi connectivity index (χ0) is 24.0. The molecule has 1 aliphatic heterocycles. The van der Waals surface area contributed by atoms with Crippen LogP contribution in [0.2, 0.25) is 10.0 Å². The van der Waals surface area contributed by atoms with Crippen LogP contribution in [0.1, 0.15) is 41.9 Å². The maximum atomic E-state index is 13.2. The topological polar surface area (TPSA) is 84.6 Å². The van der Waals surface area contributed by atoms with Crippen molar-refractivity contribution in [2.45, 2.75) is 38.6 Å². The second-order valence-electron chi connectivity index (χ2n) is 8.49. The van der Waals surface area contributed by atoms with Gasteiger partial charge in [0.25, 0.3) is 0 Å². The molecule has 2 unspecified atom stereocenters. The van der Waals surface area contributed by atoms with Crippen LogP contribution < -0.4 is 0 Å². The fourth-order valence-electron chi connectivity index (χ4n) is 4.34. The summed E-state index contributed by atoms with van der Waals surface area (Å²) < 4.78 is 0. The molecule has 0 saturated carbocycles. The first-order valence-corrected chi connectivity index (χ1v) is 11.7. The van der Waals surface area contributed by atoms with E-state index in [4.69, 9.17) is 23.2 Å². The maximum Gasteiger partial charge on any atom is 0.320 e. The summed E-state index contributed by atoms with van der Waals surface area (Å²) in [6.07, 6.45) is 1.25. The number of carbonyl (C=O) groups excluding carboxylic acids is 1. The van der Waals surface area contributed by atoms with Gasteiger partial charge in [-0.15, -0.1) is 0 Å². The van der Waals surface area contributed by atoms with E-state index >= 15 is 0 Å². The average molecular weight is 488 g/mol. The molecule has 8 heteroatoms. The van der Waals surface area contributed by atoms with Crippen LogP contribution in [0.15, 0.2) is 42.5 Å². The lowest BCUT2D eigenvalue weighted by Crippen LogP contribution is -2.53. The van der Waals surface area contributed by atoms with E-state index in [2.05, 4.69) is 6.07 Å². The van der Waals surface area contributed by atoms with Crippen molar-refractivity contribution >= 4 is 35.2 Å². The first-order valence-electron chi connectivity index (χ1n) is 10.9. The minimum Gasteiger partial charge on any atom is -0.481 e. The highest BCUT2D eigenvalue weighted by Gasteiger charge is 2.33. The Balaban J connectivity index is 1.68. The minimum atomic E-state index is -0.886. The molecule has 1 saturated heterocycles. The van der Waals surface area contributed by atoms with Crippen LogP contribution in [0, 0.1) is 24.2 Å². The van der Waals surface area contributed by atoms with Gasteiger partial charge in [-0.25, -0.2) is 4.79 Å². The second kappa shape index (κ2) is 11.4. The highest BCUT2D eigenvalue weighted by atomic mass is 35.5. The number of hydrogen-bond acceptors (Lipinski definition) is 3. The Bertz CT molecular complexity index is 1050. The van der Waals surface area contributed by atoms with Crippen molar-refractivity contribution in [2.24, 2.45) is 5.92 Å². The van der Waals surface area contributed by atoms with Gasteiger partial charge < -0.3 is 14.9 Å². The molecule has 0 aromatic heterocycles. The van der Waals surface area contributed by atoms with Gasteiger partial charge in [0, 0.05) is 42.1 Å². The second-order valence-corrected chi connectivity index (χ2v) is 9.33. The van der Waals surface area contributed by atoms with Crippen LogP contribution in [0.5, 0.6) is 0 Å². The molecule has 2 aromatic rings. The van der Waals surface area contributed by atoms with Crippen molar-refractivity contribution in [3.05, 3.63) is 69.2 Å². The Hall–Kier alpha value is -2.75. The maximum absolute atomic E-state index is 13.2. The predicted molar refractivity (Wildman–Crippen MR) is 128 cm³/mol. The lowest BCUT2D eigenvalue weighted by Gasteiger charge is -2.40. The molecule has 2 atom stereocenters. The Labute approximate surface area is 204 Å². The van der Waals surface area contributed by atoms with Crippen molar-refractivity contribution in [2.75, 3.05) is 19.6 Å². The number of amides is 2. The third-order valence-corrected chi connectivity index (χ3v) is 6.57. The number of carbonyl (C=O) groups is 2. The van der Waals surface area contributed by atoms with Gasteiger partial charge in [-0.2, -0.15) is 5.26 Å². The first kappa shape index (κ1) is 24.9. The van der Waals surface area contributed by atoms with Crippen LogP contribution in [0.4, 0.5) is 4.79 Å². The van der Waals surface area contributed by atoms with Gasteiger partial charge in [-0.3, -0.25) is 4.79 Å². The smallest absolute Gasteiger partial charge is 0.320 e. The molecule has 2 aromatic carbocycles. The Morgan fingerprint density at radius 2 is 1.94 bits per heavy atom. The third-order valence-electron chi connectivity index (χ3n) is 5.98. The molecule has 1 aliphatic rings. The van der Waals surface area contributed by atoms with E-state index in [1.165, 1.54) is 0 Å². The summed E-state index contributed by atoms with van der Waals surface area (Å²) >= 11 is 12.3. The zero-order valence-electron chi connectivity index (χ0n) is 18.5. The van der Waals surface area contributed by atoms with Gasteiger partial charge in [-0.1, -0.05) is 53.5 Å². The quantitative estimate of drug-likeness (QED) is 0.490. The van der Waals surface area contributed by atoms with Crippen LogP contribution in [-0.4, -0.2) is 46.5 Å². The molecular weight excluding hydrogens is 461 g/mol. The zero-order valence-corrected chi connectivity index (χ0v) is 20.0. The summed E-state index contributed by atoms with van der Waals surface area (Å²) in [5, 5.41) is 20.0. The number of hydrogen-bond donors (Lipinski definition) is 1. The summed E-state index contributed by atoms with van der Waals surface area (Å²) in [4.78, 5) is 27.9. The average Bonchev–Trinajstić information content (AvgIpc) is 2.76. The van der Waals surface area contributed by atoms with E-state index in [1.807, 2.05) is 31.2 Å². The lowest BCUT2D eigenvalue weighted by atomic mass is 9.92. The number of aryl methyl sites for hydroxylation is 1. The highest BCUT2D eigenvalue weighted by molar-refractivity contribution is 6.35. The standard InChI is InChI=1S/C25H27Cl2N3O3/c1-17-5-2-3-7-22(17)19(13-28)6-4-10-29-14-18(11-24(31)32)15-30(25(29)33)16-20-8-9-21(26)12-23(20)27/h2-3,5,7-9,12,18-19H,4,6,10-11,14-16H2,1H3,(H,31,32). The van der Waals surface area contributed by atoms with Crippen molar-refractivity contribution in [3.63, 3.8) is 0 Å². The van der Waals surface area contributed by atoms with E-state index < -0.39 is 5.97 Å². The fraction of sp³-hybridized carbons (Fsp3) is 0.400. The molecule has 1 N–H and O–H groups in total. The molecule has 1 heterocycles. The van der Waals surface area contributed by atoms with E-state index in [0.29, 0.717) is 42.5 Å². The van der Waals surface area contributed by atoms with E-state index in [1.54, 1.807) is 28.0 Å². The Morgan fingerprint density at radius 1 is 1.21 bits per heavy atom. The molecule has 0 bridgehead atoms. The van der Waals surface area contributed by atoms with Crippen molar-refractivity contribution in [1.29, 1.82) is 5.26 Å². The number of urea groups is 1. The van der Waals surface area contributed by atoms with Gasteiger partial charge in [0.2, 0.25) is 0 Å². The molecule has 0 aliphatic carbocycles. The van der Waals surface area contributed by atoms with Gasteiger partial charge >= 0.3 is 12.0 Å². The molecule has 33 heavy (non-hydrogen) atoms. The van der Waals surface area contributed by atoms with Crippen LogP contribution in [0.3, 0.4) is 0 Å². The SMILES string of the molecule is Cc1ccccc1C(C#N)CCCN1CC(CC(=O)O)CN(Cc2ccc(Cl)cc2Cl)C1=O. The molecule has 0 radical (unpaired) electrons. The number of nitriles is 1. The third kappa shape index (κ3) is 6.63. The van der Waals surface area contributed by atoms with E-state index in [9.17, 15) is 20.0 Å². The molecule has 0 spiro atoms. The normalized spacial score (nSPS) is 17.0. The molecule has 1 fully saturated rings. The fourth-order valence-corrected chi connectivity index (χ4v) is 4.81. The lowest BCUT2D eigenvalue weighted by molar-refractivity contribution is -0.138. The number of nitrogens with zero attached hydrogens (tertiary/aromatic N) is 3. The molecule has 2 amide bonds. The van der Waals surface area contributed by atoms with Crippen LogP contribution in [-0.2, 0) is 11.3 Å². The molecule has 6 nitrogen and oxygen atoms in total. The van der Waals surface area contributed by atoms with Gasteiger partial charge in [0.1, 0.15) is 0 Å².